The third-order valence-electron chi connectivity index (χ3n) is 1.46. The maximum absolute atomic E-state index is 10.8. The van der Waals surface area contributed by atoms with Crippen LogP contribution in [0.3, 0.4) is 0 Å². The lowest BCUT2D eigenvalue weighted by Gasteiger charge is -1.95. The summed E-state index contributed by atoms with van der Waals surface area (Å²) in [6.07, 6.45) is 2.65. The maximum Gasteiger partial charge on any atom is 0.335 e. The highest BCUT2D eigenvalue weighted by molar-refractivity contribution is 6.06. The van der Waals surface area contributed by atoms with Crippen molar-refractivity contribution in [3.63, 3.8) is 0 Å². The summed E-state index contributed by atoms with van der Waals surface area (Å²) < 4.78 is 0. The maximum atomic E-state index is 10.8. The Morgan fingerprint density at radius 1 is 1.07 bits per heavy atom. The Hall–Kier alpha value is -2.17. The normalized spacial score (nSPS) is 12.1. The molecule has 80 valence electrons. The fourth-order valence-electron chi connectivity index (χ4n) is 0.672. The predicted molar refractivity (Wildman–Crippen MR) is 52.3 cm³/mol. The molecule has 0 aliphatic rings. The molecule has 0 saturated carbocycles. The van der Waals surface area contributed by atoms with Crippen LogP contribution in [0.2, 0.25) is 0 Å². The van der Waals surface area contributed by atoms with Crippen LogP contribution < -0.4 is 0 Å². The Morgan fingerprint density at radius 3 is 1.93 bits per heavy atom. The third-order valence-corrected chi connectivity index (χ3v) is 1.46. The summed E-state index contributed by atoms with van der Waals surface area (Å²) in [5.41, 5.74) is -0.555. The lowest BCUT2D eigenvalue weighted by atomic mass is 10.1. The molecule has 2 N–H and O–H groups in total. The highest BCUT2D eigenvalue weighted by Gasteiger charge is 2.09. The average molecular weight is 210 g/mol. The van der Waals surface area contributed by atoms with Crippen LogP contribution in [0, 0.1) is 0 Å². The van der Waals surface area contributed by atoms with Gasteiger partial charge in [0.2, 0.25) is 0 Å². The van der Waals surface area contributed by atoms with Gasteiger partial charge < -0.3 is 10.2 Å². The quantitative estimate of drug-likeness (QED) is 0.516. The van der Waals surface area contributed by atoms with Gasteiger partial charge in [0.15, 0.2) is 5.78 Å². The number of carbonyl (C=O) groups is 3. The molecule has 0 aliphatic heterocycles. The topological polar surface area (TPSA) is 91.7 Å². The summed E-state index contributed by atoms with van der Waals surface area (Å²) in [6.45, 7) is 4.40. The Labute approximate surface area is 86.0 Å². The number of aliphatic carboxylic acids is 2. The van der Waals surface area contributed by atoms with Crippen molar-refractivity contribution < 1.29 is 24.6 Å². The Bertz CT molecular complexity index is 373. The lowest BCUT2D eigenvalue weighted by Crippen LogP contribution is -2.04. The van der Waals surface area contributed by atoms with E-state index in [1.54, 1.807) is 0 Å². The highest BCUT2D eigenvalue weighted by atomic mass is 16.4. The number of hydrogen-bond acceptors (Lipinski definition) is 3. The van der Waals surface area contributed by atoms with Crippen LogP contribution in [-0.2, 0) is 14.4 Å². The lowest BCUT2D eigenvalue weighted by molar-refractivity contribution is -0.132. The van der Waals surface area contributed by atoms with Gasteiger partial charge in [-0.2, -0.15) is 0 Å². The number of carboxylic acids is 2. The fraction of sp³-hybridized carbons (Fsp3) is 0.100. The molecule has 0 aromatic rings. The summed E-state index contributed by atoms with van der Waals surface area (Å²) >= 11 is 0. The molecule has 5 heteroatoms. The van der Waals surface area contributed by atoms with E-state index in [0.717, 1.165) is 18.2 Å². The van der Waals surface area contributed by atoms with Gasteiger partial charge in [0.25, 0.3) is 0 Å². The molecule has 0 atom stereocenters. The molecule has 0 saturated heterocycles. The summed E-state index contributed by atoms with van der Waals surface area (Å²) in [5, 5.41) is 17.2. The van der Waals surface area contributed by atoms with Gasteiger partial charge in [-0.3, -0.25) is 4.79 Å². The van der Waals surface area contributed by atoms with Crippen LogP contribution in [0.5, 0.6) is 0 Å². The number of carboxylic acid groups (broad SMARTS) is 2. The van der Waals surface area contributed by atoms with Crippen molar-refractivity contribution in [2.45, 2.75) is 6.92 Å². The second kappa shape index (κ2) is 5.54. The molecule has 0 amide bonds. The van der Waals surface area contributed by atoms with Crippen LogP contribution in [0.1, 0.15) is 6.92 Å². The SMILES string of the molecule is C=CC(=O)C=C(C=C(C)C(=O)O)C(=O)O. The van der Waals surface area contributed by atoms with Gasteiger partial charge in [-0.25, -0.2) is 9.59 Å². The van der Waals surface area contributed by atoms with Crippen molar-refractivity contribution in [2.75, 3.05) is 0 Å². The third kappa shape index (κ3) is 4.56. The molecule has 0 heterocycles. The Balaban J connectivity index is 5.18. The molecule has 15 heavy (non-hydrogen) atoms. The number of carbonyl (C=O) groups excluding carboxylic acids is 1. The standard InChI is InChI=1S/C10H10O5/c1-3-8(11)5-7(10(14)15)4-6(2)9(12)13/h3-5H,1H2,2H3,(H,12,13)(H,14,15). The molecule has 0 aromatic heterocycles. The van der Waals surface area contributed by atoms with E-state index in [0.29, 0.717) is 0 Å². The first-order valence-electron chi connectivity index (χ1n) is 3.91. The first-order chi connectivity index (χ1) is 6.88. The van der Waals surface area contributed by atoms with E-state index in [9.17, 15) is 14.4 Å². The zero-order valence-corrected chi connectivity index (χ0v) is 8.06. The largest absolute Gasteiger partial charge is 0.478 e. The van der Waals surface area contributed by atoms with Gasteiger partial charge in [0.1, 0.15) is 0 Å². The van der Waals surface area contributed by atoms with E-state index in [2.05, 4.69) is 6.58 Å². The Morgan fingerprint density at radius 2 is 1.60 bits per heavy atom. The molecular weight excluding hydrogens is 200 g/mol. The first-order valence-corrected chi connectivity index (χ1v) is 3.91. The minimum absolute atomic E-state index is 0.166. The zero-order valence-electron chi connectivity index (χ0n) is 8.06. The second-order valence-corrected chi connectivity index (χ2v) is 2.64. The highest BCUT2D eigenvalue weighted by Crippen LogP contribution is 2.03. The minimum Gasteiger partial charge on any atom is -0.478 e. The zero-order chi connectivity index (χ0) is 12.0. The van der Waals surface area contributed by atoms with Gasteiger partial charge in [-0.05, 0) is 25.2 Å². The monoisotopic (exact) mass is 210 g/mol. The van der Waals surface area contributed by atoms with Crippen molar-refractivity contribution >= 4 is 17.7 Å². The molecule has 0 radical (unpaired) electrons. The van der Waals surface area contributed by atoms with Gasteiger partial charge in [-0.15, -0.1) is 0 Å². The van der Waals surface area contributed by atoms with Crippen LogP contribution in [0.25, 0.3) is 0 Å². The van der Waals surface area contributed by atoms with Gasteiger partial charge in [-0.1, -0.05) is 6.58 Å². The molecule has 0 rings (SSSR count). The van der Waals surface area contributed by atoms with Crippen molar-refractivity contribution in [3.05, 3.63) is 36.0 Å². The van der Waals surface area contributed by atoms with Gasteiger partial charge >= 0.3 is 11.9 Å². The number of hydrogen-bond donors (Lipinski definition) is 2. The molecule has 0 unspecified atom stereocenters. The fourth-order valence-corrected chi connectivity index (χ4v) is 0.672. The molecule has 0 fully saturated rings. The van der Waals surface area contributed by atoms with Gasteiger partial charge in [0.05, 0.1) is 5.57 Å². The molecule has 0 aromatic carbocycles. The Kier molecular flexibility index (Phi) is 4.74. The van der Waals surface area contributed by atoms with Crippen molar-refractivity contribution in [2.24, 2.45) is 0 Å². The number of ketones is 1. The summed E-state index contributed by atoms with van der Waals surface area (Å²) in [6, 6.07) is 0. The van der Waals surface area contributed by atoms with E-state index < -0.39 is 17.7 Å². The predicted octanol–water partition coefficient (Wildman–Crippen LogP) is 0.783. The van der Waals surface area contributed by atoms with Gasteiger partial charge in [0, 0.05) is 5.57 Å². The van der Waals surface area contributed by atoms with Crippen molar-refractivity contribution in [3.8, 4) is 0 Å². The van der Waals surface area contributed by atoms with Crippen LogP contribution >= 0.6 is 0 Å². The van der Waals surface area contributed by atoms with E-state index >= 15 is 0 Å². The van der Waals surface area contributed by atoms with E-state index in [-0.39, 0.29) is 11.1 Å². The molecular formula is C10H10O5. The average Bonchev–Trinajstić information content (AvgIpc) is 2.15. The molecule has 0 spiro atoms. The molecule has 0 bridgehead atoms. The smallest absolute Gasteiger partial charge is 0.335 e. The molecule has 5 nitrogen and oxygen atoms in total. The van der Waals surface area contributed by atoms with Crippen molar-refractivity contribution in [1.29, 1.82) is 0 Å². The number of rotatable bonds is 5. The van der Waals surface area contributed by atoms with Crippen LogP contribution in [0.15, 0.2) is 36.0 Å². The van der Waals surface area contributed by atoms with E-state index in [4.69, 9.17) is 10.2 Å². The summed E-state index contributed by atoms with van der Waals surface area (Å²) in [4.78, 5) is 31.9. The van der Waals surface area contributed by atoms with Crippen molar-refractivity contribution in [1.82, 2.24) is 0 Å². The van der Waals surface area contributed by atoms with Crippen LogP contribution in [-0.4, -0.2) is 27.9 Å². The van der Waals surface area contributed by atoms with E-state index in [1.807, 2.05) is 0 Å². The minimum atomic E-state index is -1.37. The first kappa shape index (κ1) is 12.8. The van der Waals surface area contributed by atoms with E-state index in [1.165, 1.54) is 6.92 Å². The summed E-state index contributed by atoms with van der Waals surface area (Å²) in [5.74, 6) is -3.21. The number of allylic oxidation sites excluding steroid dienone is 2. The summed E-state index contributed by atoms with van der Waals surface area (Å²) in [7, 11) is 0. The molecule has 0 aliphatic carbocycles. The second-order valence-electron chi connectivity index (χ2n) is 2.64. The van der Waals surface area contributed by atoms with Crippen LogP contribution in [0.4, 0.5) is 0 Å².